The van der Waals surface area contributed by atoms with E-state index >= 15 is 0 Å². The Morgan fingerprint density at radius 2 is 1.64 bits per heavy atom. The molecule has 150 valence electrons. The number of nitrogens with one attached hydrogen (secondary N) is 1. The predicted molar refractivity (Wildman–Crippen MR) is 117 cm³/mol. The first-order valence-electron chi connectivity index (χ1n) is 11.0. The Morgan fingerprint density at radius 3 is 2.32 bits per heavy atom. The van der Waals surface area contributed by atoms with Crippen LogP contribution in [-0.2, 0) is 0 Å². The molecule has 28 heavy (non-hydrogen) atoms. The lowest BCUT2D eigenvalue weighted by atomic mass is 10.1. The molecular weight excluding hydrogens is 346 g/mol. The summed E-state index contributed by atoms with van der Waals surface area (Å²) in [5, 5.41) is 3.74. The second-order valence-corrected chi connectivity index (χ2v) is 8.06. The van der Waals surface area contributed by atoms with E-state index in [1.807, 2.05) is 6.07 Å². The van der Waals surface area contributed by atoms with Crippen LogP contribution in [0.5, 0.6) is 0 Å². The minimum Gasteiger partial charge on any atom is -0.367 e. The van der Waals surface area contributed by atoms with Gasteiger partial charge >= 0.3 is 0 Å². The van der Waals surface area contributed by atoms with E-state index in [4.69, 9.17) is 9.97 Å². The highest BCUT2D eigenvalue weighted by molar-refractivity contribution is 5.62. The summed E-state index contributed by atoms with van der Waals surface area (Å²) in [5.41, 5.74) is 1.08. The molecule has 0 radical (unpaired) electrons. The maximum absolute atomic E-state index is 4.95. The fourth-order valence-corrected chi connectivity index (χ4v) is 4.31. The second-order valence-electron chi connectivity index (χ2n) is 8.06. The normalized spacial score (nSPS) is 19.4. The van der Waals surface area contributed by atoms with E-state index < -0.39 is 0 Å². The summed E-state index contributed by atoms with van der Waals surface area (Å²) in [6.07, 6.45) is 7.86. The van der Waals surface area contributed by atoms with Crippen molar-refractivity contribution in [3.8, 4) is 11.4 Å². The van der Waals surface area contributed by atoms with Crippen molar-refractivity contribution in [3.05, 3.63) is 36.4 Å². The summed E-state index contributed by atoms with van der Waals surface area (Å²) in [4.78, 5) is 14.8. The monoisotopic (exact) mass is 379 g/mol. The van der Waals surface area contributed by atoms with Crippen molar-refractivity contribution in [2.75, 3.05) is 42.9 Å². The fourth-order valence-electron chi connectivity index (χ4n) is 4.31. The maximum Gasteiger partial charge on any atom is 0.163 e. The Morgan fingerprint density at radius 1 is 0.929 bits per heavy atom. The number of nitrogens with zero attached hydrogens (tertiary/aromatic N) is 4. The highest BCUT2D eigenvalue weighted by Crippen LogP contribution is 2.26. The molecule has 1 aliphatic heterocycles. The number of likely N-dealkylation sites (N-methyl/N-ethyl adjacent to an activating group) is 1. The molecule has 1 aliphatic carbocycles. The molecule has 1 aromatic carbocycles. The van der Waals surface area contributed by atoms with E-state index in [1.54, 1.807) is 0 Å². The molecule has 2 aliphatic rings. The van der Waals surface area contributed by atoms with Gasteiger partial charge in [0.15, 0.2) is 5.82 Å². The number of hydrogen-bond donors (Lipinski definition) is 1. The summed E-state index contributed by atoms with van der Waals surface area (Å²) >= 11 is 0. The molecule has 5 heteroatoms. The summed E-state index contributed by atoms with van der Waals surface area (Å²) < 4.78 is 0. The van der Waals surface area contributed by atoms with Crippen LogP contribution in [0.2, 0.25) is 0 Å². The lowest BCUT2D eigenvalue weighted by Crippen LogP contribution is -2.46. The Bertz CT molecular complexity index is 732. The van der Waals surface area contributed by atoms with Crippen molar-refractivity contribution in [3.63, 3.8) is 0 Å². The Hall–Kier alpha value is -2.14. The zero-order valence-electron chi connectivity index (χ0n) is 17.1. The molecule has 5 nitrogen and oxygen atoms in total. The molecule has 2 aromatic rings. The van der Waals surface area contributed by atoms with Crippen molar-refractivity contribution >= 4 is 11.6 Å². The minimum atomic E-state index is 0.533. The van der Waals surface area contributed by atoms with Crippen molar-refractivity contribution in [2.24, 2.45) is 0 Å². The van der Waals surface area contributed by atoms with Gasteiger partial charge in [0.05, 0.1) is 0 Å². The van der Waals surface area contributed by atoms with Crippen LogP contribution < -0.4 is 10.2 Å². The molecule has 0 spiro atoms. The first-order chi connectivity index (χ1) is 13.8. The van der Waals surface area contributed by atoms with E-state index in [1.165, 1.54) is 38.5 Å². The van der Waals surface area contributed by atoms with Crippen LogP contribution in [0.3, 0.4) is 0 Å². The van der Waals surface area contributed by atoms with E-state index in [9.17, 15) is 0 Å². The second kappa shape index (κ2) is 9.37. The summed E-state index contributed by atoms with van der Waals surface area (Å²) in [6, 6.07) is 13.1. The van der Waals surface area contributed by atoms with E-state index in [0.717, 1.165) is 55.7 Å². The SMILES string of the molecule is CCN1CCN(c2cc(NC3CCCCCC3)nc(-c3ccccc3)n2)CC1. The molecule has 1 saturated heterocycles. The number of rotatable bonds is 5. The Kier molecular flexibility index (Phi) is 6.42. The number of aromatic nitrogens is 2. The molecule has 2 fully saturated rings. The van der Waals surface area contributed by atoms with Crippen molar-refractivity contribution in [2.45, 2.75) is 51.5 Å². The third-order valence-corrected chi connectivity index (χ3v) is 6.10. The highest BCUT2D eigenvalue weighted by Gasteiger charge is 2.20. The Balaban J connectivity index is 1.59. The van der Waals surface area contributed by atoms with Crippen LogP contribution in [0, 0.1) is 0 Å². The van der Waals surface area contributed by atoms with Gasteiger partial charge in [0, 0.05) is 43.9 Å². The van der Waals surface area contributed by atoms with Gasteiger partial charge in [0.2, 0.25) is 0 Å². The van der Waals surface area contributed by atoms with Crippen LogP contribution in [0.25, 0.3) is 11.4 Å². The largest absolute Gasteiger partial charge is 0.367 e. The molecule has 2 heterocycles. The van der Waals surface area contributed by atoms with Crippen LogP contribution in [0.4, 0.5) is 11.6 Å². The summed E-state index contributed by atoms with van der Waals surface area (Å²) in [6.45, 7) is 7.63. The molecule has 4 rings (SSSR count). The lowest BCUT2D eigenvalue weighted by molar-refractivity contribution is 0.270. The van der Waals surface area contributed by atoms with Gasteiger partial charge in [0.25, 0.3) is 0 Å². The van der Waals surface area contributed by atoms with E-state index in [2.05, 4.69) is 52.4 Å². The van der Waals surface area contributed by atoms with Crippen molar-refractivity contribution in [1.29, 1.82) is 0 Å². The van der Waals surface area contributed by atoms with Gasteiger partial charge in [-0.1, -0.05) is 62.9 Å². The topological polar surface area (TPSA) is 44.3 Å². The van der Waals surface area contributed by atoms with Gasteiger partial charge in [0.1, 0.15) is 11.6 Å². The van der Waals surface area contributed by atoms with E-state index in [-0.39, 0.29) is 0 Å². The average molecular weight is 380 g/mol. The first kappa shape index (κ1) is 19.2. The molecule has 0 unspecified atom stereocenters. The molecule has 1 N–H and O–H groups in total. The van der Waals surface area contributed by atoms with Crippen LogP contribution >= 0.6 is 0 Å². The zero-order valence-corrected chi connectivity index (χ0v) is 17.1. The van der Waals surface area contributed by atoms with E-state index in [0.29, 0.717) is 6.04 Å². The number of anilines is 2. The average Bonchev–Trinajstić information content (AvgIpc) is 3.03. The van der Waals surface area contributed by atoms with Gasteiger partial charge in [-0.05, 0) is 19.4 Å². The van der Waals surface area contributed by atoms with Crippen LogP contribution in [-0.4, -0.2) is 53.6 Å². The number of hydrogen-bond acceptors (Lipinski definition) is 5. The van der Waals surface area contributed by atoms with Gasteiger partial charge in [-0.2, -0.15) is 0 Å². The van der Waals surface area contributed by atoms with Gasteiger partial charge < -0.3 is 15.1 Å². The smallest absolute Gasteiger partial charge is 0.163 e. The number of benzene rings is 1. The maximum atomic E-state index is 4.95. The minimum absolute atomic E-state index is 0.533. The molecule has 0 atom stereocenters. The molecule has 0 amide bonds. The summed E-state index contributed by atoms with van der Waals surface area (Å²) in [5.74, 6) is 2.86. The lowest BCUT2D eigenvalue weighted by Gasteiger charge is -2.35. The molecular formula is C23H33N5. The van der Waals surface area contributed by atoms with Gasteiger partial charge in [-0.25, -0.2) is 9.97 Å². The van der Waals surface area contributed by atoms with Gasteiger partial charge in [-0.15, -0.1) is 0 Å². The van der Waals surface area contributed by atoms with Crippen molar-refractivity contribution in [1.82, 2.24) is 14.9 Å². The number of piperazine rings is 1. The van der Waals surface area contributed by atoms with Gasteiger partial charge in [-0.3, -0.25) is 0 Å². The molecule has 1 aromatic heterocycles. The van der Waals surface area contributed by atoms with Crippen LogP contribution in [0.1, 0.15) is 45.4 Å². The standard InChI is InChI=1S/C23H33N5/c1-2-27-14-16-28(17-15-27)22-18-21(24-20-12-8-3-4-9-13-20)25-23(26-22)19-10-6-5-7-11-19/h5-7,10-11,18,20H,2-4,8-9,12-17H2,1H3,(H,24,25,26). The molecule has 0 bridgehead atoms. The molecule has 1 saturated carbocycles. The summed E-state index contributed by atoms with van der Waals surface area (Å²) in [7, 11) is 0. The van der Waals surface area contributed by atoms with Crippen molar-refractivity contribution < 1.29 is 0 Å². The third-order valence-electron chi connectivity index (χ3n) is 6.10. The predicted octanol–water partition coefficient (Wildman–Crippen LogP) is 4.42. The van der Waals surface area contributed by atoms with Crippen LogP contribution in [0.15, 0.2) is 36.4 Å². The third kappa shape index (κ3) is 4.82. The Labute approximate surface area is 169 Å². The first-order valence-corrected chi connectivity index (χ1v) is 11.0. The highest BCUT2D eigenvalue weighted by atomic mass is 15.3. The fraction of sp³-hybridized carbons (Fsp3) is 0.565. The zero-order chi connectivity index (χ0) is 19.2. The quantitative estimate of drug-likeness (QED) is 0.779.